The van der Waals surface area contributed by atoms with Gasteiger partial charge in [0.1, 0.15) is 9.84 Å². The maximum absolute atomic E-state index is 11.7. The van der Waals surface area contributed by atoms with Gasteiger partial charge in [-0.25, -0.2) is 8.42 Å². The van der Waals surface area contributed by atoms with E-state index in [1.54, 1.807) is 0 Å². The van der Waals surface area contributed by atoms with Crippen molar-refractivity contribution in [2.45, 2.75) is 26.2 Å². The molecule has 0 bridgehead atoms. The van der Waals surface area contributed by atoms with Crippen LogP contribution in [0.25, 0.3) is 0 Å². The summed E-state index contributed by atoms with van der Waals surface area (Å²) in [5.74, 6) is 0.416. The third-order valence-electron chi connectivity index (χ3n) is 3.05. The van der Waals surface area contributed by atoms with E-state index >= 15 is 0 Å². The summed E-state index contributed by atoms with van der Waals surface area (Å²) in [5, 5.41) is 9.36. The number of aliphatic hydroxyl groups excluding tert-OH is 1. The highest BCUT2D eigenvalue weighted by molar-refractivity contribution is 9.10. The molecule has 1 aromatic carbocycles. The Balaban J connectivity index is 2.52. The van der Waals surface area contributed by atoms with Crippen molar-refractivity contribution in [2.24, 2.45) is 5.92 Å². The second kappa shape index (κ2) is 8.02. The Hall–Kier alpha value is -0.390. The molecule has 0 saturated carbocycles. The van der Waals surface area contributed by atoms with E-state index in [1.807, 2.05) is 31.2 Å². The van der Waals surface area contributed by atoms with E-state index in [2.05, 4.69) is 15.9 Å². The molecule has 0 amide bonds. The standard InChI is InChI=1S/C14H21BrO3S/c1-2-8-19(17,18)9-7-13(11-16)10-12-3-5-14(15)6-4-12/h3-6,13,16H,2,7-11H2,1H3. The smallest absolute Gasteiger partial charge is 0.150 e. The van der Waals surface area contributed by atoms with Crippen LogP contribution in [0.5, 0.6) is 0 Å². The quantitative estimate of drug-likeness (QED) is 0.785. The van der Waals surface area contributed by atoms with Crippen molar-refractivity contribution >= 4 is 25.8 Å². The average Bonchev–Trinajstić information content (AvgIpc) is 2.36. The molecule has 0 spiro atoms. The fourth-order valence-corrected chi connectivity index (χ4v) is 3.75. The van der Waals surface area contributed by atoms with Gasteiger partial charge in [0.15, 0.2) is 0 Å². The minimum absolute atomic E-state index is 0.00723. The molecule has 0 radical (unpaired) electrons. The van der Waals surface area contributed by atoms with Gasteiger partial charge >= 0.3 is 0 Å². The monoisotopic (exact) mass is 348 g/mol. The normalized spacial score (nSPS) is 13.4. The Labute approximate surface area is 124 Å². The van der Waals surface area contributed by atoms with Crippen LogP contribution in [0.1, 0.15) is 25.3 Å². The lowest BCUT2D eigenvalue weighted by atomic mass is 9.98. The first-order valence-electron chi connectivity index (χ1n) is 6.52. The molecule has 0 aliphatic carbocycles. The molecule has 1 N–H and O–H groups in total. The van der Waals surface area contributed by atoms with Gasteiger partial charge in [-0.15, -0.1) is 0 Å². The molecule has 5 heteroatoms. The van der Waals surface area contributed by atoms with E-state index in [9.17, 15) is 13.5 Å². The summed E-state index contributed by atoms with van der Waals surface area (Å²) < 4.78 is 24.3. The largest absolute Gasteiger partial charge is 0.396 e. The van der Waals surface area contributed by atoms with Crippen molar-refractivity contribution in [2.75, 3.05) is 18.1 Å². The van der Waals surface area contributed by atoms with Crippen LogP contribution in [0.4, 0.5) is 0 Å². The van der Waals surface area contributed by atoms with Crippen molar-refractivity contribution < 1.29 is 13.5 Å². The number of benzene rings is 1. The van der Waals surface area contributed by atoms with Crippen LogP contribution >= 0.6 is 15.9 Å². The van der Waals surface area contributed by atoms with Crippen molar-refractivity contribution in [3.05, 3.63) is 34.3 Å². The number of aliphatic hydroxyl groups is 1. The van der Waals surface area contributed by atoms with Gasteiger partial charge in [0.25, 0.3) is 0 Å². The fraction of sp³-hybridized carbons (Fsp3) is 0.571. The highest BCUT2D eigenvalue weighted by Crippen LogP contribution is 2.16. The summed E-state index contributed by atoms with van der Waals surface area (Å²) in [7, 11) is -2.95. The Kier molecular flexibility index (Phi) is 7.04. The van der Waals surface area contributed by atoms with Crippen LogP contribution in [0, 0.1) is 5.92 Å². The summed E-state index contributed by atoms with van der Waals surface area (Å²) in [6.45, 7) is 1.89. The van der Waals surface area contributed by atoms with Crippen LogP contribution in [-0.2, 0) is 16.3 Å². The highest BCUT2D eigenvalue weighted by atomic mass is 79.9. The number of halogens is 1. The number of rotatable bonds is 8. The first-order valence-corrected chi connectivity index (χ1v) is 9.14. The third kappa shape index (κ3) is 6.54. The molecule has 19 heavy (non-hydrogen) atoms. The molecule has 108 valence electrons. The van der Waals surface area contributed by atoms with Gasteiger partial charge < -0.3 is 5.11 Å². The molecule has 0 heterocycles. The van der Waals surface area contributed by atoms with Gasteiger partial charge in [0, 0.05) is 16.8 Å². The van der Waals surface area contributed by atoms with Gasteiger partial charge in [-0.2, -0.15) is 0 Å². The predicted octanol–water partition coefficient (Wildman–Crippen LogP) is 2.82. The lowest BCUT2D eigenvalue weighted by Crippen LogP contribution is -2.18. The summed E-state index contributed by atoms with van der Waals surface area (Å²) >= 11 is 3.37. The van der Waals surface area contributed by atoms with Gasteiger partial charge in [0.2, 0.25) is 0 Å². The first kappa shape index (κ1) is 16.7. The number of sulfone groups is 1. The fourth-order valence-electron chi connectivity index (χ4n) is 1.97. The van der Waals surface area contributed by atoms with Crippen LogP contribution in [0.2, 0.25) is 0 Å². The minimum atomic E-state index is -2.95. The summed E-state index contributed by atoms with van der Waals surface area (Å²) in [6, 6.07) is 7.90. The summed E-state index contributed by atoms with van der Waals surface area (Å²) in [6.07, 6.45) is 1.89. The van der Waals surface area contributed by atoms with Gasteiger partial charge in [-0.3, -0.25) is 0 Å². The minimum Gasteiger partial charge on any atom is -0.396 e. The second-order valence-corrected chi connectivity index (χ2v) is 8.04. The molecule has 0 aromatic heterocycles. The first-order chi connectivity index (χ1) is 8.96. The van der Waals surface area contributed by atoms with Crippen LogP contribution in [0.15, 0.2) is 28.7 Å². The number of hydrogen-bond acceptors (Lipinski definition) is 3. The van der Waals surface area contributed by atoms with E-state index in [0.717, 1.165) is 10.0 Å². The van der Waals surface area contributed by atoms with E-state index in [4.69, 9.17) is 0 Å². The Morgan fingerprint density at radius 1 is 1.21 bits per heavy atom. The molecular weight excluding hydrogens is 328 g/mol. The second-order valence-electron chi connectivity index (χ2n) is 4.82. The topological polar surface area (TPSA) is 54.4 Å². The zero-order valence-electron chi connectivity index (χ0n) is 11.2. The van der Waals surface area contributed by atoms with Crippen LogP contribution in [0.3, 0.4) is 0 Å². The summed E-state index contributed by atoms with van der Waals surface area (Å²) in [4.78, 5) is 0. The van der Waals surface area contributed by atoms with Crippen molar-refractivity contribution in [3.63, 3.8) is 0 Å². The molecule has 1 unspecified atom stereocenters. The predicted molar refractivity (Wildman–Crippen MR) is 82.0 cm³/mol. The van der Waals surface area contributed by atoms with Crippen molar-refractivity contribution in [1.82, 2.24) is 0 Å². The average molecular weight is 349 g/mol. The molecule has 0 saturated heterocycles. The number of hydrogen-bond donors (Lipinski definition) is 1. The third-order valence-corrected chi connectivity index (χ3v) is 5.46. The Morgan fingerprint density at radius 2 is 1.84 bits per heavy atom. The lowest BCUT2D eigenvalue weighted by Gasteiger charge is -2.14. The maximum Gasteiger partial charge on any atom is 0.150 e. The SMILES string of the molecule is CCCS(=O)(=O)CCC(CO)Cc1ccc(Br)cc1. The van der Waals surface area contributed by atoms with E-state index in [0.29, 0.717) is 19.3 Å². The molecule has 0 aliphatic heterocycles. The van der Waals surface area contributed by atoms with E-state index in [1.165, 1.54) is 0 Å². The van der Waals surface area contributed by atoms with Crippen molar-refractivity contribution in [1.29, 1.82) is 0 Å². The summed E-state index contributed by atoms with van der Waals surface area (Å²) in [5.41, 5.74) is 1.12. The van der Waals surface area contributed by atoms with Gasteiger partial charge in [-0.05, 0) is 42.9 Å². The van der Waals surface area contributed by atoms with Crippen LogP contribution < -0.4 is 0 Å². The molecule has 1 aromatic rings. The Morgan fingerprint density at radius 3 is 2.37 bits per heavy atom. The molecule has 1 atom stereocenters. The van der Waals surface area contributed by atoms with Crippen molar-refractivity contribution in [3.8, 4) is 0 Å². The van der Waals surface area contributed by atoms with Gasteiger partial charge in [0.05, 0.1) is 5.75 Å². The molecule has 1 rings (SSSR count). The lowest BCUT2D eigenvalue weighted by molar-refractivity contribution is 0.222. The zero-order valence-corrected chi connectivity index (χ0v) is 13.6. The van der Waals surface area contributed by atoms with E-state index < -0.39 is 9.84 Å². The molecule has 0 fully saturated rings. The van der Waals surface area contributed by atoms with Gasteiger partial charge in [-0.1, -0.05) is 35.0 Å². The van der Waals surface area contributed by atoms with E-state index in [-0.39, 0.29) is 24.0 Å². The molecule has 3 nitrogen and oxygen atoms in total. The molecule has 0 aliphatic rings. The Bertz CT molecular complexity index is 468. The highest BCUT2D eigenvalue weighted by Gasteiger charge is 2.15. The zero-order chi connectivity index (χ0) is 14.3. The maximum atomic E-state index is 11.7. The van der Waals surface area contributed by atoms with Crippen LogP contribution in [-0.4, -0.2) is 31.6 Å². The molecular formula is C14H21BrO3S.